The molecule has 1 saturated heterocycles. The second-order valence-electron chi connectivity index (χ2n) is 7.84. The molecule has 2 heterocycles. The van der Waals surface area contributed by atoms with Gasteiger partial charge in [-0.15, -0.1) is 0 Å². The molecule has 29 heavy (non-hydrogen) atoms. The Labute approximate surface area is 172 Å². The van der Waals surface area contributed by atoms with Gasteiger partial charge in [-0.25, -0.2) is 0 Å². The maximum absolute atomic E-state index is 12.4. The predicted octanol–water partition coefficient (Wildman–Crippen LogP) is 3.68. The van der Waals surface area contributed by atoms with Gasteiger partial charge in [-0.05, 0) is 48.2 Å². The predicted molar refractivity (Wildman–Crippen MR) is 122 cm³/mol. The van der Waals surface area contributed by atoms with Crippen LogP contribution in [0.2, 0.25) is 0 Å². The molecular weight excluding hydrogens is 360 g/mol. The first kappa shape index (κ1) is 19.5. The summed E-state index contributed by atoms with van der Waals surface area (Å²) >= 11 is 0. The van der Waals surface area contributed by atoms with Crippen LogP contribution in [0.15, 0.2) is 59.5 Å². The third-order valence-electron chi connectivity index (χ3n) is 5.81. The number of rotatable bonds is 6. The lowest BCUT2D eigenvalue weighted by Crippen LogP contribution is -2.46. The SMILES string of the molecule is CCCN1CCN(c2ccccc2CNc2ccc3ccn(C)c(=O)c3c2)CC1. The molecule has 152 valence electrons. The van der Waals surface area contributed by atoms with Gasteiger partial charge in [-0.3, -0.25) is 9.69 Å². The highest BCUT2D eigenvalue weighted by Gasteiger charge is 2.18. The maximum atomic E-state index is 12.4. The highest BCUT2D eigenvalue weighted by atomic mass is 16.1. The van der Waals surface area contributed by atoms with Gasteiger partial charge in [0, 0.05) is 62.7 Å². The van der Waals surface area contributed by atoms with E-state index in [4.69, 9.17) is 0 Å². The standard InChI is InChI=1S/C24H30N4O/c1-3-11-27-13-15-28(16-14-27)23-7-5-4-6-20(23)18-25-21-9-8-19-10-12-26(2)24(29)22(19)17-21/h4-10,12,17,25H,3,11,13-16,18H2,1-2H3. The van der Waals surface area contributed by atoms with Crippen LogP contribution >= 0.6 is 0 Å². The van der Waals surface area contributed by atoms with Crippen LogP contribution in [0, 0.1) is 0 Å². The fourth-order valence-electron chi connectivity index (χ4n) is 4.14. The van der Waals surface area contributed by atoms with Crippen molar-refractivity contribution in [3.8, 4) is 0 Å². The quantitative estimate of drug-likeness (QED) is 0.697. The Morgan fingerprint density at radius 2 is 1.79 bits per heavy atom. The van der Waals surface area contributed by atoms with Crippen molar-refractivity contribution in [1.29, 1.82) is 0 Å². The van der Waals surface area contributed by atoms with Crippen LogP contribution in [0.4, 0.5) is 11.4 Å². The zero-order valence-corrected chi connectivity index (χ0v) is 17.4. The van der Waals surface area contributed by atoms with E-state index in [9.17, 15) is 4.79 Å². The first-order valence-electron chi connectivity index (χ1n) is 10.5. The lowest BCUT2D eigenvalue weighted by molar-refractivity contribution is 0.258. The molecule has 4 rings (SSSR count). The number of fused-ring (bicyclic) bond motifs is 1. The smallest absolute Gasteiger partial charge is 0.258 e. The minimum absolute atomic E-state index is 0.0384. The number of benzene rings is 2. The molecule has 0 radical (unpaired) electrons. The molecule has 1 aromatic heterocycles. The Hall–Kier alpha value is -2.79. The molecule has 0 saturated carbocycles. The van der Waals surface area contributed by atoms with Gasteiger partial charge < -0.3 is 14.8 Å². The molecule has 3 aromatic rings. The molecule has 5 heteroatoms. The minimum Gasteiger partial charge on any atom is -0.381 e. The molecule has 0 amide bonds. The second-order valence-corrected chi connectivity index (χ2v) is 7.84. The number of nitrogens with one attached hydrogen (secondary N) is 1. The summed E-state index contributed by atoms with van der Waals surface area (Å²) < 4.78 is 1.62. The molecular formula is C24H30N4O. The number of aromatic nitrogens is 1. The lowest BCUT2D eigenvalue weighted by atomic mass is 10.1. The third-order valence-corrected chi connectivity index (χ3v) is 5.81. The van der Waals surface area contributed by atoms with E-state index in [0.29, 0.717) is 0 Å². The van der Waals surface area contributed by atoms with E-state index >= 15 is 0 Å². The van der Waals surface area contributed by atoms with Crippen LogP contribution < -0.4 is 15.8 Å². The number of hydrogen-bond acceptors (Lipinski definition) is 4. The van der Waals surface area contributed by atoms with E-state index in [0.717, 1.165) is 49.2 Å². The fraction of sp³-hybridized carbons (Fsp3) is 0.375. The van der Waals surface area contributed by atoms with Crippen molar-refractivity contribution >= 4 is 22.1 Å². The molecule has 0 aliphatic carbocycles. The lowest BCUT2D eigenvalue weighted by Gasteiger charge is -2.37. The van der Waals surface area contributed by atoms with Crippen molar-refractivity contribution in [2.24, 2.45) is 7.05 Å². The molecule has 0 unspecified atom stereocenters. The number of hydrogen-bond donors (Lipinski definition) is 1. The zero-order valence-electron chi connectivity index (χ0n) is 17.4. The van der Waals surface area contributed by atoms with E-state index in [1.165, 1.54) is 24.2 Å². The number of anilines is 2. The van der Waals surface area contributed by atoms with Crippen molar-refractivity contribution in [2.75, 3.05) is 42.9 Å². The third kappa shape index (κ3) is 4.30. The van der Waals surface area contributed by atoms with E-state index < -0.39 is 0 Å². The summed E-state index contributed by atoms with van der Waals surface area (Å²) in [5.74, 6) is 0. The van der Waals surface area contributed by atoms with E-state index in [1.807, 2.05) is 30.5 Å². The Balaban J connectivity index is 1.49. The van der Waals surface area contributed by atoms with Crippen molar-refractivity contribution in [3.63, 3.8) is 0 Å². The van der Waals surface area contributed by atoms with Crippen molar-refractivity contribution in [1.82, 2.24) is 9.47 Å². The highest BCUT2D eigenvalue weighted by Crippen LogP contribution is 2.24. The van der Waals surface area contributed by atoms with Gasteiger partial charge in [0.15, 0.2) is 0 Å². The van der Waals surface area contributed by atoms with Crippen LogP contribution in [-0.2, 0) is 13.6 Å². The molecule has 5 nitrogen and oxygen atoms in total. The van der Waals surface area contributed by atoms with Crippen LogP contribution in [0.25, 0.3) is 10.8 Å². The van der Waals surface area contributed by atoms with E-state index in [2.05, 4.69) is 46.3 Å². The van der Waals surface area contributed by atoms with Gasteiger partial charge in [0.2, 0.25) is 0 Å². The summed E-state index contributed by atoms with van der Waals surface area (Å²) in [7, 11) is 1.79. The van der Waals surface area contributed by atoms with E-state index in [1.54, 1.807) is 11.6 Å². The van der Waals surface area contributed by atoms with Gasteiger partial charge in [-0.1, -0.05) is 31.2 Å². The average molecular weight is 391 g/mol. The highest BCUT2D eigenvalue weighted by molar-refractivity contribution is 5.84. The number of piperazine rings is 1. The van der Waals surface area contributed by atoms with Crippen molar-refractivity contribution in [3.05, 3.63) is 70.6 Å². The number of para-hydroxylation sites is 1. The van der Waals surface area contributed by atoms with Gasteiger partial charge in [0.25, 0.3) is 5.56 Å². The Kier molecular flexibility index (Phi) is 5.86. The largest absolute Gasteiger partial charge is 0.381 e. The summed E-state index contributed by atoms with van der Waals surface area (Å²) in [6.45, 7) is 8.58. The van der Waals surface area contributed by atoms with Gasteiger partial charge in [0.1, 0.15) is 0 Å². The topological polar surface area (TPSA) is 40.5 Å². The molecule has 1 aliphatic rings. The summed E-state index contributed by atoms with van der Waals surface area (Å²) in [6.07, 6.45) is 3.03. The van der Waals surface area contributed by atoms with Crippen LogP contribution in [0.3, 0.4) is 0 Å². The Morgan fingerprint density at radius 1 is 1.00 bits per heavy atom. The zero-order chi connectivity index (χ0) is 20.2. The van der Waals surface area contributed by atoms with Crippen LogP contribution in [0.5, 0.6) is 0 Å². The Bertz CT molecular complexity index is 1030. The first-order valence-corrected chi connectivity index (χ1v) is 10.5. The average Bonchev–Trinajstić information content (AvgIpc) is 2.76. The minimum atomic E-state index is 0.0384. The molecule has 1 fully saturated rings. The summed E-state index contributed by atoms with van der Waals surface area (Å²) in [6, 6.07) is 16.6. The molecule has 0 spiro atoms. The number of pyridine rings is 1. The van der Waals surface area contributed by atoms with Gasteiger partial charge in [0.05, 0.1) is 0 Å². The fourth-order valence-corrected chi connectivity index (χ4v) is 4.14. The van der Waals surface area contributed by atoms with Gasteiger partial charge >= 0.3 is 0 Å². The molecule has 1 N–H and O–H groups in total. The second kappa shape index (κ2) is 8.70. The molecule has 2 aromatic carbocycles. The van der Waals surface area contributed by atoms with Gasteiger partial charge in [-0.2, -0.15) is 0 Å². The van der Waals surface area contributed by atoms with E-state index in [-0.39, 0.29) is 5.56 Å². The molecule has 0 bridgehead atoms. The summed E-state index contributed by atoms with van der Waals surface area (Å²) in [5, 5.41) is 5.25. The van der Waals surface area contributed by atoms with Crippen molar-refractivity contribution in [2.45, 2.75) is 19.9 Å². The van der Waals surface area contributed by atoms with Crippen LogP contribution in [-0.4, -0.2) is 42.2 Å². The van der Waals surface area contributed by atoms with Crippen LogP contribution in [0.1, 0.15) is 18.9 Å². The first-order chi connectivity index (χ1) is 14.2. The monoisotopic (exact) mass is 390 g/mol. The number of nitrogens with zero attached hydrogens (tertiary/aromatic N) is 3. The normalized spacial score (nSPS) is 15.0. The molecule has 1 aliphatic heterocycles. The summed E-state index contributed by atoms with van der Waals surface area (Å²) in [5.41, 5.74) is 3.62. The summed E-state index contributed by atoms with van der Waals surface area (Å²) in [4.78, 5) is 17.5. The van der Waals surface area contributed by atoms with Crippen molar-refractivity contribution < 1.29 is 0 Å². The number of aryl methyl sites for hydroxylation is 1. The maximum Gasteiger partial charge on any atom is 0.258 e. The molecule has 0 atom stereocenters. The Morgan fingerprint density at radius 3 is 2.59 bits per heavy atom.